The summed E-state index contributed by atoms with van der Waals surface area (Å²) in [6.07, 6.45) is -1.02. The van der Waals surface area contributed by atoms with Crippen molar-refractivity contribution >= 4 is 21.6 Å². The third-order valence-electron chi connectivity index (χ3n) is 1.20. The highest BCUT2D eigenvalue weighted by Crippen LogP contribution is 2.08. The molecule has 2 aromatic rings. The molecule has 0 aliphatic carbocycles. The highest BCUT2D eigenvalue weighted by molar-refractivity contribution is 9.10. The molecule has 0 spiro atoms. The first kappa shape index (κ1) is 4.71. The minimum atomic E-state index is -0.316. The van der Waals surface area contributed by atoms with Gasteiger partial charge < -0.3 is 5.73 Å². The molecule has 66 valence electrons. The largest absolute Gasteiger partial charge is 0.396 e. The minimum absolute atomic E-state index is 0.126. The molecule has 0 aliphatic heterocycles. The van der Waals surface area contributed by atoms with Crippen molar-refractivity contribution in [1.82, 2.24) is 19.5 Å². The zero-order chi connectivity index (χ0) is 12.7. The SMILES string of the molecule is [2H]c1nc(-n2c([2H])nc(Br)c2[2H])nc([2H])c1N. The summed E-state index contributed by atoms with van der Waals surface area (Å²) < 4.78 is 31.2. The number of anilines is 1. The Balaban J connectivity index is 2.69. The molecule has 0 saturated carbocycles. The Hall–Kier alpha value is -1.43. The second kappa shape index (κ2) is 3.14. The maximum Gasteiger partial charge on any atom is 0.234 e. The normalized spacial score (nSPS) is 14.5. The number of rotatable bonds is 1. The molecule has 0 saturated heterocycles. The fourth-order valence-corrected chi connectivity index (χ4v) is 0.958. The van der Waals surface area contributed by atoms with Gasteiger partial charge in [0, 0.05) is 6.17 Å². The van der Waals surface area contributed by atoms with Gasteiger partial charge in [-0.3, -0.25) is 4.57 Å². The summed E-state index contributed by atoms with van der Waals surface area (Å²) >= 11 is 3.00. The Morgan fingerprint density at radius 3 is 2.62 bits per heavy atom. The van der Waals surface area contributed by atoms with Gasteiger partial charge in [0.2, 0.25) is 5.95 Å². The summed E-state index contributed by atoms with van der Waals surface area (Å²) in [5.74, 6) is -0.137. The molecule has 0 aromatic carbocycles. The van der Waals surface area contributed by atoms with E-state index in [1.54, 1.807) is 0 Å². The molecule has 5 nitrogen and oxygen atoms in total. The quantitative estimate of drug-likeness (QED) is 0.812. The molecule has 0 bridgehead atoms. The van der Waals surface area contributed by atoms with Gasteiger partial charge in [0.1, 0.15) is 12.3 Å². The van der Waals surface area contributed by atoms with Crippen LogP contribution in [-0.2, 0) is 0 Å². The van der Waals surface area contributed by atoms with Gasteiger partial charge in [-0.05, 0) is 15.9 Å². The lowest BCUT2D eigenvalue weighted by molar-refractivity contribution is 0.927. The van der Waals surface area contributed by atoms with Crippen LogP contribution < -0.4 is 5.73 Å². The van der Waals surface area contributed by atoms with Crippen molar-refractivity contribution in [2.45, 2.75) is 0 Å². The smallest absolute Gasteiger partial charge is 0.234 e. The standard InChI is InChI=1S/C7H6BrN5/c8-6-3-13(4-12-6)7-10-1-5(9)2-11-7/h1-4H,9H2/i1D,2D,3D,4D. The molecule has 0 amide bonds. The lowest BCUT2D eigenvalue weighted by Gasteiger charge is -1.98. The Labute approximate surface area is 88.4 Å². The number of aromatic nitrogens is 4. The molecule has 0 aliphatic rings. The molecule has 0 unspecified atom stereocenters. The summed E-state index contributed by atoms with van der Waals surface area (Å²) in [4.78, 5) is 11.1. The second-order valence-corrected chi connectivity index (χ2v) is 2.86. The van der Waals surface area contributed by atoms with Gasteiger partial charge in [-0.15, -0.1) is 0 Å². The molecular formula is C7H6BrN5. The zero-order valence-corrected chi connectivity index (χ0v) is 7.83. The minimum Gasteiger partial charge on any atom is -0.396 e. The predicted octanol–water partition coefficient (Wildman–Crippen LogP) is 1.01. The van der Waals surface area contributed by atoms with Gasteiger partial charge in [0.25, 0.3) is 0 Å². The average molecular weight is 244 g/mol. The third kappa shape index (κ3) is 1.67. The summed E-state index contributed by atoms with van der Waals surface area (Å²) in [5, 5.41) is 0. The van der Waals surface area contributed by atoms with Crippen LogP contribution in [0.3, 0.4) is 0 Å². The number of nitrogens with two attached hydrogens (primary N) is 1. The maximum atomic E-state index is 7.65. The molecule has 13 heavy (non-hydrogen) atoms. The molecule has 2 N–H and O–H groups in total. The molecule has 6 heteroatoms. The van der Waals surface area contributed by atoms with Crippen molar-refractivity contribution in [1.29, 1.82) is 0 Å². The van der Waals surface area contributed by atoms with E-state index in [4.69, 9.17) is 11.2 Å². The van der Waals surface area contributed by atoms with Gasteiger partial charge in [-0.1, -0.05) is 0 Å². The number of hydrogen-bond acceptors (Lipinski definition) is 4. The number of imidazole rings is 1. The molecular weight excluding hydrogens is 234 g/mol. The average Bonchev–Trinajstić information content (AvgIpc) is 2.49. The number of hydrogen-bond donors (Lipinski definition) is 1. The fourth-order valence-electron chi connectivity index (χ4n) is 0.701. The second-order valence-electron chi connectivity index (χ2n) is 2.11. The molecule has 0 fully saturated rings. The number of halogens is 1. The Kier molecular flexibility index (Phi) is 1.14. The lowest BCUT2D eigenvalue weighted by Crippen LogP contribution is -1.98. The van der Waals surface area contributed by atoms with Crippen LogP contribution in [-0.4, -0.2) is 19.5 Å². The van der Waals surface area contributed by atoms with E-state index in [2.05, 4.69) is 30.9 Å². The van der Waals surface area contributed by atoms with E-state index in [9.17, 15) is 0 Å². The van der Waals surface area contributed by atoms with Gasteiger partial charge in [0.15, 0.2) is 0 Å². The first-order valence-electron chi connectivity index (χ1n) is 5.24. The first-order chi connectivity index (χ1) is 7.91. The van der Waals surface area contributed by atoms with E-state index in [0.29, 0.717) is 0 Å². The maximum absolute atomic E-state index is 7.65. The van der Waals surface area contributed by atoms with Crippen molar-refractivity contribution < 1.29 is 5.48 Å². The monoisotopic (exact) mass is 243 g/mol. The van der Waals surface area contributed by atoms with Gasteiger partial charge in [-0.25, -0.2) is 15.0 Å². The lowest BCUT2D eigenvalue weighted by atomic mass is 10.6. The van der Waals surface area contributed by atoms with Crippen molar-refractivity contribution in [2.75, 3.05) is 5.73 Å². The van der Waals surface area contributed by atoms with Crippen LogP contribution in [0.2, 0.25) is 0 Å². The summed E-state index contributed by atoms with van der Waals surface area (Å²) in [5.41, 5.74) is 5.24. The number of nitrogen functional groups attached to an aromatic ring is 1. The third-order valence-corrected chi connectivity index (χ3v) is 1.56. The van der Waals surface area contributed by atoms with Crippen LogP contribution in [0.25, 0.3) is 5.95 Å². The van der Waals surface area contributed by atoms with Gasteiger partial charge in [-0.2, -0.15) is 0 Å². The van der Waals surface area contributed by atoms with Crippen molar-refractivity contribution in [3.63, 3.8) is 0 Å². The number of nitrogens with zero attached hydrogens (tertiary/aromatic N) is 4. The van der Waals surface area contributed by atoms with Crippen LogP contribution in [0.4, 0.5) is 5.69 Å². The highest BCUT2D eigenvalue weighted by Gasteiger charge is 1.99. The van der Waals surface area contributed by atoms with Crippen molar-refractivity contribution in [3.05, 3.63) is 29.4 Å². The van der Waals surface area contributed by atoms with Crippen molar-refractivity contribution in [3.8, 4) is 5.95 Å². The van der Waals surface area contributed by atoms with E-state index < -0.39 is 0 Å². The van der Waals surface area contributed by atoms with Crippen LogP contribution in [0, 0.1) is 0 Å². The Morgan fingerprint density at radius 1 is 1.38 bits per heavy atom. The fraction of sp³-hybridized carbons (Fsp3) is 0. The molecule has 2 heterocycles. The van der Waals surface area contributed by atoms with Gasteiger partial charge in [0.05, 0.1) is 22.1 Å². The zero-order valence-electron chi connectivity index (χ0n) is 10.2. The molecule has 2 rings (SSSR count). The van der Waals surface area contributed by atoms with Gasteiger partial charge >= 0.3 is 0 Å². The highest BCUT2D eigenvalue weighted by atomic mass is 79.9. The molecule has 0 atom stereocenters. The molecule has 0 radical (unpaired) electrons. The van der Waals surface area contributed by atoms with E-state index in [1.807, 2.05) is 0 Å². The summed E-state index contributed by atoms with van der Waals surface area (Å²) in [7, 11) is 0. The predicted molar refractivity (Wildman–Crippen MR) is 51.3 cm³/mol. The van der Waals surface area contributed by atoms with Crippen LogP contribution >= 0.6 is 15.9 Å². The first-order valence-corrected chi connectivity index (χ1v) is 4.03. The summed E-state index contributed by atoms with van der Waals surface area (Å²) in [6, 6.07) is 0. The van der Waals surface area contributed by atoms with Crippen molar-refractivity contribution in [2.24, 2.45) is 0 Å². The summed E-state index contributed by atoms with van der Waals surface area (Å²) in [6.45, 7) is 0. The Bertz CT molecular complexity index is 575. The Morgan fingerprint density at radius 2 is 2.08 bits per heavy atom. The van der Waals surface area contributed by atoms with E-state index >= 15 is 0 Å². The topological polar surface area (TPSA) is 69.6 Å². The molecule has 2 aromatic heterocycles. The van der Waals surface area contributed by atoms with Crippen LogP contribution in [0.5, 0.6) is 0 Å². The van der Waals surface area contributed by atoms with E-state index in [-0.39, 0.29) is 41.1 Å². The van der Waals surface area contributed by atoms with Crippen LogP contribution in [0.1, 0.15) is 5.48 Å². The van der Waals surface area contributed by atoms with E-state index in [1.165, 1.54) is 0 Å². The van der Waals surface area contributed by atoms with Crippen LogP contribution in [0.15, 0.2) is 29.4 Å². The van der Waals surface area contributed by atoms with E-state index in [0.717, 1.165) is 4.57 Å².